The number of nitrogens with one attached hydrogen (secondary N) is 1. The van der Waals surface area contributed by atoms with Gasteiger partial charge in [0, 0.05) is 28.2 Å². The van der Waals surface area contributed by atoms with Crippen LogP contribution in [0.3, 0.4) is 0 Å². The molecule has 0 bridgehead atoms. The number of hydrogen-bond acceptors (Lipinski definition) is 2. The topological polar surface area (TPSA) is 21.3 Å². The predicted molar refractivity (Wildman–Crippen MR) is 88.3 cm³/mol. The summed E-state index contributed by atoms with van der Waals surface area (Å²) in [7, 11) is 0. The van der Waals surface area contributed by atoms with E-state index >= 15 is 0 Å². The molecule has 114 valence electrons. The number of benzene rings is 2. The van der Waals surface area contributed by atoms with Crippen molar-refractivity contribution in [2.24, 2.45) is 5.92 Å². The second kappa shape index (κ2) is 5.67. The van der Waals surface area contributed by atoms with Crippen molar-refractivity contribution in [3.63, 3.8) is 0 Å². The van der Waals surface area contributed by atoms with Gasteiger partial charge in [-0.2, -0.15) is 0 Å². The Balaban J connectivity index is 1.79. The highest BCUT2D eigenvalue weighted by Gasteiger charge is 2.39. The fourth-order valence-electron chi connectivity index (χ4n) is 3.67. The Labute approximate surface area is 137 Å². The van der Waals surface area contributed by atoms with Gasteiger partial charge in [-0.1, -0.05) is 28.1 Å². The molecule has 1 N–H and O–H groups in total. The zero-order valence-electron chi connectivity index (χ0n) is 12.1. The number of hydrogen-bond donors (Lipinski definition) is 1. The summed E-state index contributed by atoms with van der Waals surface area (Å²) in [6.07, 6.45) is 2.22. The van der Waals surface area contributed by atoms with Crippen LogP contribution in [-0.4, -0.2) is 6.61 Å². The monoisotopic (exact) mass is 361 g/mol. The van der Waals surface area contributed by atoms with Crippen molar-refractivity contribution in [2.75, 3.05) is 11.9 Å². The quantitative estimate of drug-likeness (QED) is 0.751. The van der Waals surface area contributed by atoms with Gasteiger partial charge in [0.1, 0.15) is 5.82 Å². The van der Waals surface area contributed by atoms with Crippen molar-refractivity contribution in [1.82, 2.24) is 0 Å². The van der Waals surface area contributed by atoms with Crippen LogP contribution < -0.4 is 5.32 Å². The third kappa shape index (κ3) is 2.44. The molecule has 0 saturated carbocycles. The normalized spacial score (nSPS) is 26.7. The van der Waals surface area contributed by atoms with Crippen LogP contribution in [0.4, 0.5) is 10.1 Å². The van der Waals surface area contributed by atoms with Crippen LogP contribution >= 0.6 is 15.9 Å². The first-order valence-electron chi connectivity index (χ1n) is 7.65. The Morgan fingerprint density at radius 2 is 2.09 bits per heavy atom. The fourth-order valence-corrected chi connectivity index (χ4v) is 4.05. The summed E-state index contributed by atoms with van der Waals surface area (Å²) in [5, 5.41) is 3.60. The van der Waals surface area contributed by atoms with Crippen molar-refractivity contribution in [1.29, 1.82) is 0 Å². The summed E-state index contributed by atoms with van der Waals surface area (Å²) >= 11 is 3.54. The third-order valence-corrected chi connectivity index (χ3v) is 5.13. The first kappa shape index (κ1) is 14.2. The first-order chi connectivity index (χ1) is 10.7. The van der Waals surface area contributed by atoms with E-state index in [9.17, 15) is 4.39 Å². The number of halogens is 2. The molecule has 2 nitrogen and oxygen atoms in total. The lowest BCUT2D eigenvalue weighted by Gasteiger charge is -2.43. The molecule has 2 aliphatic rings. The summed E-state index contributed by atoms with van der Waals surface area (Å²) in [4.78, 5) is 0. The Morgan fingerprint density at radius 1 is 1.18 bits per heavy atom. The molecule has 2 heterocycles. The van der Waals surface area contributed by atoms with E-state index in [1.54, 1.807) is 12.1 Å². The predicted octanol–water partition coefficient (Wildman–Crippen LogP) is 5.22. The van der Waals surface area contributed by atoms with Gasteiger partial charge >= 0.3 is 0 Å². The highest BCUT2D eigenvalue weighted by Crippen LogP contribution is 2.49. The Hall–Kier alpha value is -1.39. The van der Waals surface area contributed by atoms with E-state index in [-0.39, 0.29) is 18.0 Å². The Bertz CT molecular complexity index is 705. The lowest BCUT2D eigenvalue weighted by Crippen LogP contribution is -2.36. The van der Waals surface area contributed by atoms with Crippen LogP contribution in [0.2, 0.25) is 0 Å². The van der Waals surface area contributed by atoms with E-state index in [0.717, 1.165) is 35.2 Å². The molecule has 1 saturated heterocycles. The number of fused-ring (bicyclic) bond motifs is 3. The summed E-state index contributed by atoms with van der Waals surface area (Å²) in [6.45, 7) is 0.795. The SMILES string of the molecule is Fc1cccc(C2Nc3ccc(Br)cc3[C@H]3OCCC[C@@H]23)c1. The number of rotatable bonds is 1. The van der Waals surface area contributed by atoms with Gasteiger partial charge in [-0.25, -0.2) is 4.39 Å². The third-order valence-electron chi connectivity index (χ3n) is 4.64. The van der Waals surface area contributed by atoms with Crippen molar-refractivity contribution < 1.29 is 9.13 Å². The molecule has 22 heavy (non-hydrogen) atoms. The molecule has 4 rings (SSSR count). The van der Waals surface area contributed by atoms with Crippen molar-refractivity contribution in [3.8, 4) is 0 Å². The van der Waals surface area contributed by atoms with Crippen molar-refractivity contribution in [3.05, 3.63) is 63.9 Å². The molecule has 1 fully saturated rings. The molecule has 0 spiro atoms. The van der Waals surface area contributed by atoms with Gasteiger partial charge in [0.25, 0.3) is 0 Å². The highest BCUT2D eigenvalue weighted by atomic mass is 79.9. The minimum Gasteiger partial charge on any atom is -0.378 e. The lowest BCUT2D eigenvalue weighted by molar-refractivity contribution is -0.0381. The first-order valence-corrected chi connectivity index (χ1v) is 8.45. The molecule has 0 aromatic heterocycles. The zero-order chi connectivity index (χ0) is 15.1. The standard InChI is InChI=1S/C18H17BrFNO/c19-12-6-7-16-15(10-12)18-14(5-2-8-22-18)17(21-16)11-3-1-4-13(20)9-11/h1,3-4,6-7,9-10,14,17-18,21H,2,5,8H2/t14-,17?,18-/m0/s1. The largest absolute Gasteiger partial charge is 0.378 e. The second-order valence-electron chi connectivity index (χ2n) is 6.01. The highest BCUT2D eigenvalue weighted by molar-refractivity contribution is 9.10. The van der Waals surface area contributed by atoms with Gasteiger partial charge < -0.3 is 10.1 Å². The molecule has 2 aromatic rings. The number of anilines is 1. The van der Waals surface area contributed by atoms with Crippen molar-refractivity contribution in [2.45, 2.75) is 25.0 Å². The maximum absolute atomic E-state index is 13.6. The summed E-state index contributed by atoms with van der Waals surface area (Å²) in [6, 6.07) is 13.2. The molecule has 3 atom stereocenters. The minimum absolute atomic E-state index is 0.0794. The molecule has 4 heteroatoms. The average molecular weight is 362 g/mol. The van der Waals surface area contributed by atoms with Gasteiger partial charge in [-0.05, 0) is 48.7 Å². The second-order valence-corrected chi connectivity index (χ2v) is 6.92. The average Bonchev–Trinajstić information content (AvgIpc) is 2.54. The molecule has 0 radical (unpaired) electrons. The van der Waals surface area contributed by atoms with E-state index in [0.29, 0.717) is 5.92 Å². The number of ether oxygens (including phenoxy) is 1. The van der Waals surface area contributed by atoms with Crippen LogP contribution in [0.1, 0.15) is 36.1 Å². The Kier molecular flexibility index (Phi) is 3.66. The molecule has 0 amide bonds. The lowest BCUT2D eigenvalue weighted by atomic mass is 9.77. The van der Waals surface area contributed by atoms with Gasteiger partial charge in [-0.15, -0.1) is 0 Å². The van der Waals surface area contributed by atoms with Crippen LogP contribution in [0, 0.1) is 11.7 Å². The van der Waals surface area contributed by atoms with Crippen LogP contribution in [0.5, 0.6) is 0 Å². The maximum atomic E-state index is 13.6. The zero-order valence-corrected chi connectivity index (χ0v) is 13.6. The molecule has 0 aliphatic carbocycles. The van der Waals surface area contributed by atoms with Gasteiger partial charge in [0.2, 0.25) is 0 Å². The minimum atomic E-state index is -0.186. The molecular formula is C18H17BrFNO. The molecule has 2 aromatic carbocycles. The van der Waals surface area contributed by atoms with Crippen molar-refractivity contribution >= 4 is 21.6 Å². The smallest absolute Gasteiger partial charge is 0.123 e. The van der Waals surface area contributed by atoms with Gasteiger partial charge in [-0.3, -0.25) is 0 Å². The molecule has 1 unspecified atom stereocenters. The van der Waals surface area contributed by atoms with Gasteiger partial charge in [0.15, 0.2) is 0 Å². The van der Waals surface area contributed by atoms with E-state index in [2.05, 4.69) is 33.4 Å². The summed E-state index contributed by atoms with van der Waals surface area (Å²) < 4.78 is 20.8. The maximum Gasteiger partial charge on any atom is 0.123 e. The van der Waals surface area contributed by atoms with Crippen LogP contribution in [0.25, 0.3) is 0 Å². The summed E-state index contributed by atoms with van der Waals surface area (Å²) in [5.74, 6) is 0.145. The van der Waals surface area contributed by atoms with E-state index in [4.69, 9.17) is 4.74 Å². The molecule has 2 aliphatic heterocycles. The molecular weight excluding hydrogens is 345 g/mol. The Morgan fingerprint density at radius 3 is 2.95 bits per heavy atom. The van der Waals surface area contributed by atoms with E-state index < -0.39 is 0 Å². The van der Waals surface area contributed by atoms with E-state index in [1.165, 1.54) is 11.6 Å². The van der Waals surface area contributed by atoms with Gasteiger partial charge in [0.05, 0.1) is 12.1 Å². The van der Waals surface area contributed by atoms with Crippen LogP contribution in [0.15, 0.2) is 46.9 Å². The van der Waals surface area contributed by atoms with E-state index in [1.807, 2.05) is 12.1 Å². The van der Waals surface area contributed by atoms with Crippen LogP contribution in [-0.2, 0) is 4.74 Å². The fraction of sp³-hybridized carbons (Fsp3) is 0.333. The summed E-state index contributed by atoms with van der Waals surface area (Å²) in [5.41, 5.74) is 3.28.